The van der Waals surface area contributed by atoms with Gasteiger partial charge in [0.05, 0.1) is 17.2 Å². The molecule has 1 aliphatic rings. The van der Waals surface area contributed by atoms with Crippen LogP contribution in [-0.2, 0) is 0 Å². The molecule has 0 unspecified atom stereocenters. The molecule has 7 nitrogen and oxygen atoms in total. The number of nitrogens with zero attached hydrogens (tertiary/aromatic N) is 6. The Balaban J connectivity index is 1.38. The summed E-state index contributed by atoms with van der Waals surface area (Å²) in [5.41, 5.74) is 3.64. The van der Waals surface area contributed by atoms with Gasteiger partial charge in [0.1, 0.15) is 6.33 Å². The van der Waals surface area contributed by atoms with E-state index in [1.165, 1.54) is 11.9 Å². The van der Waals surface area contributed by atoms with Crippen LogP contribution in [0.1, 0.15) is 0 Å². The molecule has 0 spiro atoms. The lowest BCUT2D eigenvalue weighted by Crippen LogP contribution is -2.44. The van der Waals surface area contributed by atoms with Crippen molar-refractivity contribution in [1.82, 2.24) is 24.4 Å². The number of fused-ring (bicyclic) bond motifs is 1. The van der Waals surface area contributed by atoms with Crippen LogP contribution in [0.5, 0.6) is 0 Å². The van der Waals surface area contributed by atoms with Crippen molar-refractivity contribution >= 4 is 28.2 Å². The Morgan fingerprint density at radius 2 is 1.70 bits per heavy atom. The Morgan fingerprint density at radius 3 is 2.50 bits per heavy atom. The van der Waals surface area contributed by atoms with Crippen LogP contribution in [0, 0.1) is 5.82 Å². The topological polar surface area (TPSA) is 62.1 Å². The molecule has 2 aromatic heterocycles. The van der Waals surface area contributed by atoms with Gasteiger partial charge in [0.15, 0.2) is 11.6 Å². The van der Waals surface area contributed by atoms with Crippen LogP contribution in [0.3, 0.4) is 0 Å². The Hall–Kier alpha value is -3.52. The van der Waals surface area contributed by atoms with Crippen LogP contribution >= 0.6 is 0 Å². The summed E-state index contributed by atoms with van der Waals surface area (Å²) >= 11 is 0. The lowest BCUT2D eigenvalue weighted by atomic mass is 10.2. The molecule has 0 atom stereocenters. The summed E-state index contributed by atoms with van der Waals surface area (Å²) in [7, 11) is 2.14. The molecular formula is C22H22FN7. The Labute approximate surface area is 173 Å². The van der Waals surface area contributed by atoms with Crippen molar-refractivity contribution in [3.05, 3.63) is 66.9 Å². The van der Waals surface area contributed by atoms with E-state index in [1.54, 1.807) is 10.9 Å². The number of imidazole rings is 1. The van der Waals surface area contributed by atoms with E-state index in [9.17, 15) is 4.39 Å². The Kier molecular flexibility index (Phi) is 4.76. The molecule has 4 aromatic rings. The summed E-state index contributed by atoms with van der Waals surface area (Å²) in [6.07, 6.45) is 2.82. The third kappa shape index (κ3) is 3.57. The molecule has 1 saturated heterocycles. The first-order chi connectivity index (χ1) is 14.7. The first-order valence-corrected chi connectivity index (χ1v) is 9.93. The van der Waals surface area contributed by atoms with Crippen LogP contribution in [-0.4, -0.2) is 57.6 Å². The molecule has 2 aromatic carbocycles. The lowest BCUT2D eigenvalue weighted by molar-refractivity contribution is 0.313. The average Bonchev–Trinajstić information content (AvgIpc) is 3.21. The highest BCUT2D eigenvalue weighted by Gasteiger charge is 2.15. The van der Waals surface area contributed by atoms with Crippen LogP contribution in [0.2, 0.25) is 0 Å². The highest BCUT2D eigenvalue weighted by Crippen LogP contribution is 2.23. The van der Waals surface area contributed by atoms with Crippen molar-refractivity contribution < 1.29 is 4.39 Å². The molecule has 1 N–H and O–H groups in total. The second-order valence-electron chi connectivity index (χ2n) is 7.43. The molecule has 3 heterocycles. The zero-order chi connectivity index (χ0) is 20.5. The number of anilines is 3. The number of piperazine rings is 1. The van der Waals surface area contributed by atoms with Crippen molar-refractivity contribution in [1.29, 1.82) is 0 Å². The average molecular weight is 403 g/mol. The van der Waals surface area contributed by atoms with E-state index in [4.69, 9.17) is 0 Å². The fourth-order valence-corrected chi connectivity index (χ4v) is 3.64. The normalized spacial score (nSPS) is 14.9. The fraction of sp³-hybridized carbons (Fsp3) is 0.227. The molecule has 5 rings (SSSR count). The van der Waals surface area contributed by atoms with Crippen molar-refractivity contribution in [2.45, 2.75) is 0 Å². The lowest BCUT2D eigenvalue weighted by Gasteiger charge is -2.34. The quantitative estimate of drug-likeness (QED) is 0.563. The smallest absolute Gasteiger partial charge is 0.237 e. The SMILES string of the molecule is CN1CCN(c2ccc(Nc3nc(-n4cnc5ccccc54)ncc3F)cc2)CC1. The summed E-state index contributed by atoms with van der Waals surface area (Å²) in [5, 5.41) is 3.07. The number of nitrogens with one attached hydrogen (secondary N) is 1. The van der Waals surface area contributed by atoms with Gasteiger partial charge in [-0.3, -0.25) is 4.57 Å². The number of rotatable bonds is 4. The second-order valence-corrected chi connectivity index (χ2v) is 7.43. The number of likely N-dealkylation sites (N-methyl/N-ethyl adjacent to an activating group) is 1. The van der Waals surface area contributed by atoms with Crippen molar-refractivity contribution in [3.8, 4) is 5.95 Å². The van der Waals surface area contributed by atoms with Gasteiger partial charge in [-0.05, 0) is 43.4 Å². The first kappa shape index (κ1) is 18.5. The van der Waals surface area contributed by atoms with E-state index in [2.05, 4.69) is 49.2 Å². The Morgan fingerprint density at radius 1 is 0.933 bits per heavy atom. The minimum absolute atomic E-state index is 0.130. The molecular weight excluding hydrogens is 381 g/mol. The number of para-hydroxylation sites is 2. The van der Waals surface area contributed by atoms with Gasteiger partial charge in [-0.2, -0.15) is 4.98 Å². The molecule has 8 heteroatoms. The zero-order valence-corrected chi connectivity index (χ0v) is 16.7. The summed E-state index contributed by atoms with van der Waals surface area (Å²) in [6.45, 7) is 4.12. The molecule has 0 bridgehead atoms. The third-order valence-electron chi connectivity index (χ3n) is 5.40. The maximum atomic E-state index is 14.4. The summed E-state index contributed by atoms with van der Waals surface area (Å²) < 4.78 is 16.1. The molecule has 0 aliphatic carbocycles. The zero-order valence-electron chi connectivity index (χ0n) is 16.7. The van der Waals surface area contributed by atoms with Crippen LogP contribution in [0.15, 0.2) is 61.1 Å². The van der Waals surface area contributed by atoms with E-state index >= 15 is 0 Å². The molecule has 0 saturated carbocycles. The molecule has 0 amide bonds. The number of halogens is 1. The van der Waals surface area contributed by atoms with E-state index in [0.717, 1.165) is 42.9 Å². The van der Waals surface area contributed by atoms with Gasteiger partial charge in [-0.25, -0.2) is 14.4 Å². The summed E-state index contributed by atoms with van der Waals surface area (Å²) in [6, 6.07) is 15.7. The van der Waals surface area contributed by atoms with Crippen LogP contribution in [0.4, 0.5) is 21.6 Å². The van der Waals surface area contributed by atoms with Crippen molar-refractivity contribution in [3.63, 3.8) is 0 Å². The van der Waals surface area contributed by atoms with E-state index < -0.39 is 5.82 Å². The van der Waals surface area contributed by atoms with Gasteiger partial charge < -0.3 is 15.1 Å². The van der Waals surface area contributed by atoms with Gasteiger partial charge in [-0.1, -0.05) is 12.1 Å². The number of hydrogen-bond acceptors (Lipinski definition) is 6. The standard InChI is InChI=1S/C22H22FN7/c1-28-10-12-29(13-11-28)17-8-6-16(7-9-17)26-21-18(23)14-24-22(27-21)30-15-25-19-4-2-3-5-20(19)30/h2-9,14-15H,10-13H2,1H3,(H,24,26,27). The van der Waals surface area contributed by atoms with Gasteiger partial charge in [0, 0.05) is 37.6 Å². The molecule has 1 aliphatic heterocycles. The highest BCUT2D eigenvalue weighted by molar-refractivity contribution is 5.76. The van der Waals surface area contributed by atoms with E-state index in [1.807, 2.05) is 36.4 Å². The third-order valence-corrected chi connectivity index (χ3v) is 5.40. The predicted molar refractivity (Wildman–Crippen MR) is 116 cm³/mol. The van der Waals surface area contributed by atoms with Crippen LogP contribution in [0.25, 0.3) is 17.0 Å². The molecule has 1 fully saturated rings. The first-order valence-electron chi connectivity index (χ1n) is 9.93. The molecule has 152 valence electrons. The van der Waals surface area contributed by atoms with Crippen molar-refractivity contribution in [2.75, 3.05) is 43.4 Å². The fourth-order valence-electron chi connectivity index (χ4n) is 3.64. The maximum Gasteiger partial charge on any atom is 0.237 e. The predicted octanol–water partition coefficient (Wildman–Crippen LogP) is 3.45. The highest BCUT2D eigenvalue weighted by atomic mass is 19.1. The van der Waals surface area contributed by atoms with Gasteiger partial charge in [-0.15, -0.1) is 0 Å². The van der Waals surface area contributed by atoms with E-state index in [0.29, 0.717) is 5.95 Å². The summed E-state index contributed by atoms with van der Waals surface area (Å²) in [4.78, 5) is 17.6. The Bertz CT molecular complexity index is 1160. The monoisotopic (exact) mass is 403 g/mol. The largest absolute Gasteiger partial charge is 0.369 e. The summed E-state index contributed by atoms with van der Waals surface area (Å²) in [5.74, 6) is -0.0156. The minimum Gasteiger partial charge on any atom is -0.369 e. The molecule has 0 radical (unpaired) electrons. The minimum atomic E-state index is -0.508. The van der Waals surface area contributed by atoms with Crippen LogP contribution < -0.4 is 10.2 Å². The van der Waals surface area contributed by atoms with Gasteiger partial charge >= 0.3 is 0 Å². The number of hydrogen-bond donors (Lipinski definition) is 1. The second kappa shape index (κ2) is 7.72. The number of aromatic nitrogens is 4. The van der Waals surface area contributed by atoms with Crippen molar-refractivity contribution in [2.24, 2.45) is 0 Å². The molecule has 30 heavy (non-hydrogen) atoms. The maximum absolute atomic E-state index is 14.4. The van der Waals surface area contributed by atoms with Gasteiger partial charge in [0.2, 0.25) is 5.95 Å². The number of benzene rings is 2. The van der Waals surface area contributed by atoms with E-state index in [-0.39, 0.29) is 5.82 Å². The van der Waals surface area contributed by atoms with Gasteiger partial charge in [0.25, 0.3) is 0 Å².